The van der Waals surface area contributed by atoms with Crippen molar-refractivity contribution in [3.63, 3.8) is 0 Å². The van der Waals surface area contributed by atoms with Crippen molar-refractivity contribution in [2.24, 2.45) is 5.41 Å². The molecule has 0 bridgehead atoms. The van der Waals surface area contributed by atoms with Crippen molar-refractivity contribution >= 4 is 15.8 Å². The lowest BCUT2D eigenvalue weighted by Crippen LogP contribution is -2.16. The van der Waals surface area contributed by atoms with Crippen molar-refractivity contribution < 1.29 is 23.1 Å². The van der Waals surface area contributed by atoms with Gasteiger partial charge in [0.25, 0.3) is 0 Å². The lowest BCUT2D eigenvalue weighted by Gasteiger charge is -2.17. The number of sulfone groups is 1. The van der Waals surface area contributed by atoms with Crippen molar-refractivity contribution in [2.45, 2.75) is 32.1 Å². The van der Waals surface area contributed by atoms with Gasteiger partial charge in [-0.15, -0.1) is 0 Å². The Bertz CT molecular complexity index is 584. The molecule has 0 unspecified atom stereocenters. The fourth-order valence-electron chi connectivity index (χ4n) is 1.59. The molecule has 0 atom stereocenters. The molecule has 5 nitrogen and oxygen atoms in total. The van der Waals surface area contributed by atoms with Crippen molar-refractivity contribution in [1.82, 2.24) is 0 Å². The van der Waals surface area contributed by atoms with E-state index in [1.165, 1.54) is 24.3 Å². The molecule has 0 aliphatic carbocycles. The standard InChI is InChI=1S/C15H22O5S/c1-15(2,3)7-8-20-9-10-21(18,19)13-6-4-5-12(11-13)14(16)17/h4-6,11H,7-10H2,1-3H3,(H,16,17). The second-order valence-electron chi connectivity index (χ2n) is 6.07. The summed E-state index contributed by atoms with van der Waals surface area (Å²) in [7, 11) is -3.52. The molecule has 0 amide bonds. The number of hydrogen-bond donors (Lipinski definition) is 1. The van der Waals surface area contributed by atoms with E-state index < -0.39 is 15.8 Å². The molecule has 0 aromatic heterocycles. The average molecular weight is 314 g/mol. The Morgan fingerprint density at radius 3 is 2.48 bits per heavy atom. The number of ether oxygens (including phenoxy) is 1. The Morgan fingerprint density at radius 1 is 1.24 bits per heavy atom. The van der Waals surface area contributed by atoms with Crippen LogP contribution in [0, 0.1) is 5.41 Å². The summed E-state index contributed by atoms with van der Waals surface area (Å²) < 4.78 is 29.5. The molecule has 1 rings (SSSR count). The summed E-state index contributed by atoms with van der Waals surface area (Å²) in [6.07, 6.45) is 0.849. The SMILES string of the molecule is CC(C)(C)CCOCCS(=O)(=O)c1cccc(C(=O)O)c1. The Hall–Kier alpha value is -1.40. The summed E-state index contributed by atoms with van der Waals surface area (Å²) in [5.41, 5.74) is 0.110. The number of carbonyl (C=O) groups is 1. The maximum absolute atomic E-state index is 12.1. The van der Waals surface area contributed by atoms with Gasteiger partial charge < -0.3 is 9.84 Å². The highest BCUT2D eigenvalue weighted by Crippen LogP contribution is 2.18. The zero-order chi connectivity index (χ0) is 16.1. The molecule has 0 saturated carbocycles. The number of aromatic carboxylic acids is 1. The summed E-state index contributed by atoms with van der Waals surface area (Å²) in [6, 6.07) is 5.36. The minimum absolute atomic E-state index is 0.0156. The van der Waals surface area contributed by atoms with Crippen LogP contribution in [0.25, 0.3) is 0 Å². The van der Waals surface area contributed by atoms with Gasteiger partial charge in [-0.05, 0) is 30.0 Å². The minimum Gasteiger partial charge on any atom is -0.478 e. The van der Waals surface area contributed by atoms with E-state index in [1.807, 2.05) is 0 Å². The van der Waals surface area contributed by atoms with Crippen LogP contribution in [0.3, 0.4) is 0 Å². The molecule has 0 radical (unpaired) electrons. The lowest BCUT2D eigenvalue weighted by molar-refractivity contribution is 0.0696. The highest BCUT2D eigenvalue weighted by molar-refractivity contribution is 7.91. The van der Waals surface area contributed by atoms with Crippen LogP contribution < -0.4 is 0 Å². The van der Waals surface area contributed by atoms with Gasteiger partial charge in [-0.1, -0.05) is 26.8 Å². The largest absolute Gasteiger partial charge is 0.478 e. The van der Waals surface area contributed by atoms with Crippen molar-refractivity contribution in [2.75, 3.05) is 19.0 Å². The third kappa shape index (κ3) is 6.27. The molecular weight excluding hydrogens is 292 g/mol. The molecule has 0 aliphatic heterocycles. The molecule has 1 aromatic carbocycles. The molecule has 6 heteroatoms. The lowest BCUT2D eigenvalue weighted by atomic mass is 9.93. The van der Waals surface area contributed by atoms with Crippen molar-refractivity contribution in [3.05, 3.63) is 29.8 Å². The van der Waals surface area contributed by atoms with Gasteiger partial charge in [-0.3, -0.25) is 0 Å². The maximum atomic E-state index is 12.1. The quantitative estimate of drug-likeness (QED) is 0.782. The van der Waals surface area contributed by atoms with E-state index in [9.17, 15) is 13.2 Å². The molecule has 0 heterocycles. The maximum Gasteiger partial charge on any atom is 0.335 e. The number of hydrogen-bond acceptors (Lipinski definition) is 4. The highest BCUT2D eigenvalue weighted by Gasteiger charge is 2.16. The Morgan fingerprint density at radius 2 is 1.90 bits per heavy atom. The summed E-state index contributed by atoms with van der Waals surface area (Å²) in [6.45, 7) is 6.88. The van der Waals surface area contributed by atoms with E-state index in [4.69, 9.17) is 9.84 Å². The van der Waals surface area contributed by atoms with Crippen LogP contribution in [0.4, 0.5) is 0 Å². The minimum atomic E-state index is -3.52. The van der Waals surface area contributed by atoms with Gasteiger partial charge in [0.2, 0.25) is 0 Å². The Balaban J connectivity index is 2.58. The average Bonchev–Trinajstić information content (AvgIpc) is 2.37. The van der Waals surface area contributed by atoms with Gasteiger partial charge in [0.15, 0.2) is 9.84 Å². The second kappa shape index (κ2) is 7.04. The predicted octanol–water partition coefficient (Wildman–Crippen LogP) is 2.61. The topological polar surface area (TPSA) is 80.7 Å². The first kappa shape index (κ1) is 17.7. The molecule has 1 aromatic rings. The third-order valence-electron chi connectivity index (χ3n) is 2.93. The molecule has 1 N–H and O–H groups in total. The van der Waals surface area contributed by atoms with Crippen LogP contribution >= 0.6 is 0 Å². The molecule has 0 aliphatic rings. The number of carboxylic acids is 1. The van der Waals surface area contributed by atoms with Crippen LogP contribution in [0.2, 0.25) is 0 Å². The smallest absolute Gasteiger partial charge is 0.335 e. The van der Waals surface area contributed by atoms with Crippen LogP contribution in [-0.2, 0) is 14.6 Å². The van der Waals surface area contributed by atoms with Gasteiger partial charge >= 0.3 is 5.97 Å². The fraction of sp³-hybridized carbons (Fsp3) is 0.533. The molecular formula is C15H22O5S. The predicted molar refractivity (Wildman–Crippen MR) is 80.3 cm³/mol. The monoisotopic (exact) mass is 314 g/mol. The van der Waals surface area contributed by atoms with E-state index in [2.05, 4.69) is 20.8 Å². The Kier molecular flexibility index (Phi) is 5.92. The van der Waals surface area contributed by atoms with Crippen LogP contribution in [0.1, 0.15) is 37.6 Å². The molecule has 0 fully saturated rings. The number of carboxylic acid groups (broad SMARTS) is 1. The van der Waals surface area contributed by atoms with E-state index >= 15 is 0 Å². The number of benzene rings is 1. The van der Waals surface area contributed by atoms with E-state index in [0.29, 0.717) is 6.61 Å². The van der Waals surface area contributed by atoms with Gasteiger partial charge in [0, 0.05) is 6.61 Å². The van der Waals surface area contributed by atoms with Crippen LogP contribution in [0.5, 0.6) is 0 Å². The van der Waals surface area contributed by atoms with E-state index in [1.54, 1.807) is 0 Å². The first-order valence-corrected chi connectivity index (χ1v) is 8.41. The zero-order valence-corrected chi connectivity index (χ0v) is 13.4. The van der Waals surface area contributed by atoms with E-state index in [0.717, 1.165) is 6.42 Å². The van der Waals surface area contributed by atoms with Crippen molar-refractivity contribution in [1.29, 1.82) is 0 Å². The molecule has 118 valence electrons. The van der Waals surface area contributed by atoms with E-state index in [-0.39, 0.29) is 28.2 Å². The molecule has 0 saturated heterocycles. The first-order chi connectivity index (χ1) is 9.62. The summed E-state index contributed by atoms with van der Waals surface area (Å²) in [5.74, 6) is -1.30. The van der Waals surface area contributed by atoms with Gasteiger partial charge in [0.05, 0.1) is 22.8 Å². The highest BCUT2D eigenvalue weighted by atomic mass is 32.2. The number of rotatable bonds is 7. The van der Waals surface area contributed by atoms with Gasteiger partial charge in [-0.2, -0.15) is 0 Å². The Labute approximate surface area is 125 Å². The summed E-state index contributed by atoms with van der Waals surface area (Å²) in [5, 5.41) is 8.88. The summed E-state index contributed by atoms with van der Waals surface area (Å²) in [4.78, 5) is 10.9. The first-order valence-electron chi connectivity index (χ1n) is 6.76. The molecule has 21 heavy (non-hydrogen) atoms. The van der Waals surface area contributed by atoms with Crippen LogP contribution in [-0.4, -0.2) is 38.5 Å². The normalized spacial score (nSPS) is 12.3. The van der Waals surface area contributed by atoms with Crippen molar-refractivity contribution in [3.8, 4) is 0 Å². The molecule has 0 spiro atoms. The van der Waals surface area contributed by atoms with Gasteiger partial charge in [-0.25, -0.2) is 13.2 Å². The second-order valence-corrected chi connectivity index (χ2v) is 8.18. The fourth-order valence-corrected chi connectivity index (χ4v) is 2.75. The zero-order valence-electron chi connectivity index (χ0n) is 12.6. The van der Waals surface area contributed by atoms with Crippen LogP contribution in [0.15, 0.2) is 29.2 Å². The third-order valence-corrected chi connectivity index (χ3v) is 4.61. The van der Waals surface area contributed by atoms with Gasteiger partial charge in [0.1, 0.15) is 0 Å². The summed E-state index contributed by atoms with van der Waals surface area (Å²) >= 11 is 0.